The van der Waals surface area contributed by atoms with Crippen molar-refractivity contribution in [2.24, 2.45) is 4.99 Å². The molecule has 2 unspecified atom stereocenters. The van der Waals surface area contributed by atoms with Gasteiger partial charge in [0.2, 0.25) is 10.0 Å². The third-order valence-corrected chi connectivity index (χ3v) is 5.90. The van der Waals surface area contributed by atoms with Gasteiger partial charge in [-0.05, 0) is 32.4 Å². The van der Waals surface area contributed by atoms with Gasteiger partial charge in [0.15, 0.2) is 5.96 Å². The molecular formula is C12H27IN4O2S2. The summed E-state index contributed by atoms with van der Waals surface area (Å²) in [7, 11) is -1.38. The molecule has 21 heavy (non-hydrogen) atoms. The molecule has 1 aliphatic rings. The van der Waals surface area contributed by atoms with Gasteiger partial charge in [-0.2, -0.15) is 11.8 Å². The number of aliphatic imine (C=N–C) groups is 1. The summed E-state index contributed by atoms with van der Waals surface area (Å²) in [5.74, 6) is 0.852. The molecule has 0 amide bonds. The average molecular weight is 450 g/mol. The molecule has 0 saturated heterocycles. The first-order valence-electron chi connectivity index (χ1n) is 6.98. The zero-order chi connectivity index (χ0) is 15.0. The molecule has 0 heterocycles. The van der Waals surface area contributed by atoms with E-state index >= 15 is 0 Å². The number of nitrogens with zero attached hydrogens (tertiary/aromatic N) is 1. The molecule has 0 aromatic rings. The van der Waals surface area contributed by atoms with Crippen LogP contribution in [-0.2, 0) is 10.0 Å². The zero-order valence-corrected chi connectivity index (χ0v) is 16.8. The van der Waals surface area contributed by atoms with Crippen LogP contribution in [0, 0.1) is 0 Å². The lowest BCUT2D eigenvalue weighted by Crippen LogP contribution is -2.45. The Bertz CT molecular complexity index is 417. The molecule has 0 spiro atoms. The van der Waals surface area contributed by atoms with Gasteiger partial charge in [-0.1, -0.05) is 0 Å². The van der Waals surface area contributed by atoms with Crippen LogP contribution >= 0.6 is 35.7 Å². The summed E-state index contributed by atoms with van der Waals surface area (Å²) in [4.78, 5) is 4.17. The lowest BCUT2D eigenvalue weighted by atomic mass is 10.2. The lowest BCUT2D eigenvalue weighted by molar-refractivity contribution is 0.580. The fourth-order valence-electron chi connectivity index (χ4n) is 2.16. The lowest BCUT2D eigenvalue weighted by Gasteiger charge is -2.17. The summed E-state index contributed by atoms with van der Waals surface area (Å²) in [5, 5.41) is 7.26. The number of hydrogen-bond donors (Lipinski definition) is 3. The van der Waals surface area contributed by atoms with Gasteiger partial charge in [-0.3, -0.25) is 4.99 Å². The second kappa shape index (κ2) is 10.9. The van der Waals surface area contributed by atoms with Crippen molar-refractivity contribution in [2.75, 3.05) is 32.1 Å². The first-order chi connectivity index (χ1) is 9.50. The van der Waals surface area contributed by atoms with E-state index in [2.05, 4.69) is 26.6 Å². The third-order valence-electron chi connectivity index (χ3n) is 3.40. The molecule has 6 nitrogen and oxygen atoms in total. The highest BCUT2D eigenvalue weighted by Crippen LogP contribution is 2.27. The van der Waals surface area contributed by atoms with E-state index in [1.54, 1.807) is 14.0 Å². The van der Waals surface area contributed by atoms with Gasteiger partial charge in [0.05, 0.1) is 5.75 Å². The molecule has 3 N–H and O–H groups in total. The Morgan fingerprint density at radius 1 is 1.33 bits per heavy atom. The van der Waals surface area contributed by atoms with Crippen LogP contribution in [0.25, 0.3) is 0 Å². The van der Waals surface area contributed by atoms with Crippen molar-refractivity contribution in [2.45, 2.75) is 37.5 Å². The van der Waals surface area contributed by atoms with Crippen LogP contribution in [0.4, 0.5) is 0 Å². The van der Waals surface area contributed by atoms with Crippen LogP contribution in [0.3, 0.4) is 0 Å². The van der Waals surface area contributed by atoms with E-state index in [1.807, 2.05) is 11.8 Å². The minimum absolute atomic E-state index is 0. The Morgan fingerprint density at radius 3 is 2.57 bits per heavy atom. The maximum atomic E-state index is 11.3. The number of sulfonamides is 1. The molecule has 1 fully saturated rings. The van der Waals surface area contributed by atoms with Crippen molar-refractivity contribution >= 4 is 51.7 Å². The third kappa shape index (κ3) is 8.46. The molecular weight excluding hydrogens is 423 g/mol. The van der Waals surface area contributed by atoms with Gasteiger partial charge < -0.3 is 10.6 Å². The molecule has 9 heteroatoms. The van der Waals surface area contributed by atoms with E-state index in [9.17, 15) is 8.42 Å². The SMILES string of the molecule is CCS(=O)(=O)NCCNC(=NC)NC1CCC(SC)C1.I. The highest BCUT2D eigenvalue weighted by molar-refractivity contribution is 14.0. The van der Waals surface area contributed by atoms with E-state index < -0.39 is 10.0 Å². The second-order valence-electron chi connectivity index (χ2n) is 4.81. The van der Waals surface area contributed by atoms with Gasteiger partial charge in [-0.15, -0.1) is 24.0 Å². The van der Waals surface area contributed by atoms with Gasteiger partial charge in [0.1, 0.15) is 0 Å². The molecule has 0 radical (unpaired) electrons. The molecule has 0 aromatic heterocycles. The Hall–Kier alpha value is 0.260. The first kappa shape index (κ1) is 21.3. The van der Waals surface area contributed by atoms with E-state index in [0.717, 1.165) is 24.1 Å². The van der Waals surface area contributed by atoms with Crippen LogP contribution in [-0.4, -0.2) is 57.8 Å². The van der Waals surface area contributed by atoms with Crippen molar-refractivity contribution in [3.05, 3.63) is 0 Å². The highest BCUT2D eigenvalue weighted by atomic mass is 127. The quantitative estimate of drug-likeness (QED) is 0.233. The largest absolute Gasteiger partial charge is 0.355 e. The van der Waals surface area contributed by atoms with Gasteiger partial charge >= 0.3 is 0 Å². The summed E-state index contributed by atoms with van der Waals surface area (Å²) in [6.07, 6.45) is 5.71. The average Bonchev–Trinajstić information content (AvgIpc) is 2.89. The molecule has 2 atom stereocenters. The smallest absolute Gasteiger partial charge is 0.211 e. The van der Waals surface area contributed by atoms with Crippen LogP contribution < -0.4 is 15.4 Å². The maximum Gasteiger partial charge on any atom is 0.211 e. The number of hydrogen-bond acceptors (Lipinski definition) is 4. The first-order valence-corrected chi connectivity index (χ1v) is 9.92. The molecule has 0 aliphatic heterocycles. The number of rotatable bonds is 7. The van der Waals surface area contributed by atoms with E-state index in [4.69, 9.17) is 0 Å². The van der Waals surface area contributed by atoms with Crippen molar-refractivity contribution in [1.29, 1.82) is 0 Å². The topological polar surface area (TPSA) is 82.6 Å². The van der Waals surface area contributed by atoms with E-state index in [-0.39, 0.29) is 29.7 Å². The molecule has 0 bridgehead atoms. The van der Waals surface area contributed by atoms with Crippen molar-refractivity contribution in [3.8, 4) is 0 Å². The fraction of sp³-hybridized carbons (Fsp3) is 0.917. The Labute approximate surface area is 149 Å². The van der Waals surface area contributed by atoms with Crippen molar-refractivity contribution in [3.63, 3.8) is 0 Å². The number of nitrogens with one attached hydrogen (secondary N) is 3. The number of guanidine groups is 1. The summed E-state index contributed by atoms with van der Waals surface area (Å²) < 4.78 is 25.1. The summed E-state index contributed by atoms with van der Waals surface area (Å²) in [6, 6.07) is 0.464. The molecule has 126 valence electrons. The Morgan fingerprint density at radius 2 is 2.05 bits per heavy atom. The Balaban J connectivity index is 0.00000400. The van der Waals surface area contributed by atoms with Crippen LogP contribution in [0.2, 0.25) is 0 Å². The predicted molar refractivity (Wildman–Crippen MR) is 102 cm³/mol. The van der Waals surface area contributed by atoms with E-state index in [1.165, 1.54) is 6.42 Å². The summed E-state index contributed by atoms with van der Waals surface area (Å²) in [6.45, 7) is 2.52. The molecule has 1 aliphatic carbocycles. The van der Waals surface area contributed by atoms with Gasteiger partial charge in [0.25, 0.3) is 0 Å². The number of halogens is 1. The standard InChI is InChI=1S/C12H26N4O2S2.HI/c1-4-20(17,18)15-8-7-14-12(13-2)16-10-5-6-11(9-10)19-3;/h10-11,15H,4-9H2,1-3H3,(H2,13,14,16);1H. The van der Waals surface area contributed by atoms with Crippen molar-refractivity contribution < 1.29 is 8.42 Å². The summed E-state index contributed by atoms with van der Waals surface area (Å²) >= 11 is 1.92. The predicted octanol–water partition coefficient (Wildman–Crippen LogP) is 0.993. The highest BCUT2D eigenvalue weighted by Gasteiger charge is 2.24. The minimum atomic E-state index is -3.11. The summed E-state index contributed by atoms with van der Waals surface area (Å²) in [5.41, 5.74) is 0. The van der Waals surface area contributed by atoms with Crippen LogP contribution in [0.1, 0.15) is 26.2 Å². The van der Waals surface area contributed by atoms with Crippen LogP contribution in [0.15, 0.2) is 4.99 Å². The zero-order valence-electron chi connectivity index (χ0n) is 12.9. The minimum Gasteiger partial charge on any atom is -0.355 e. The maximum absolute atomic E-state index is 11.3. The number of thioether (sulfide) groups is 1. The fourth-order valence-corrected chi connectivity index (χ4v) is 3.58. The monoisotopic (exact) mass is 450 g/mol. The molecule has 0 aromatic carbocycles. The molecule has 1 rings (SSSR count). The van der Waals surface area contributed by atoms with Gasteiger partial charge in [-0.25, -0.2) is 13.1 Å². The van der Waals surface area contributed by atoms with E-state index in [0.29, 0.717) is 19.1 Å². The van der Waals surface area contributed by atoms with Crippen LogP contribution in [0.5, 0.6) is 0 Å². The van der Waals surface area contributed by atoms with Gasteiger partial charge in [0, 0.05) is 31.4 Å². The Kier molecular flexibility index (Phi) is 11.0. The normalized spacial score (nSPS) is 22.7. The van der Waals surface area contributed by atoms with Crippen molar-refractivity contribution in [1.82, 2.24) is 15.4 Å². The second-order valence-corrected chi connectivity index (χ2v) is 8.04. The molecule has 1 saturated carbocycles.